The van der Waals surface area contributed by atoms with E-state index >= 15 is 0 Å². The number of fused-ring (bicyclic) bond motifs is 2. The first-order chi connectivity index (χ1) is 9.70. The molecule has 3 rings (SSSR count). The van der Waals surface area contributed by atoms with E-state index in [1.165, 1.54) is 32.2 Å². The first-order valence-electron chi connectivity index (χ1n) is 7.77. The molecule has 3 unspecified atom stereocenters. The molecule has 2 bridgehead atoms. The van der Waals surface area contributed by atoms with Crippen molar-refractivity contribution in [3.63, 3.8) is 0 Å². The van der Waals surface area contributed by atoms with Crippen molar-refractivity contribution < 1.29 is 4.74 Å². The normalized spacial score (nSPS) is 28.2. The minimum Gasteiger partial charge on any atom is -0.492 e. The van der Waals surface area contributed by atoms with Gasteiger partial charge < -0.3 is 9.64 Å². The predicted octanol–water partition coefficient (Wildman–Crippen LogP) is 4.20. The Morgan fingerprint density at radius 3 is 2.65 bits per heavy atom. The molecule has 0 heterocycles. The van der Waals surface area contributed by atoms with Gasteiger partial charge in [-0.05, 0) is 68.3 Å². The summed E-state index contributed by atoms with van der Waals surface area (Å²) in [6.45, 7) is 3.05. The quantitative estimate of drug-likeness (QED) is 0.771. The number of ether oxygens (including phenoxy) is 1. The van der Waals surface area contributed by atoms with E-state index in [1.807, 2.05) is 24.3 Å². The van der Waals surface area contributed by atoms with Gasteiger partial charge in [-0.25, -0.2) is 0 Å². The van der Waals surface area contributed by atoms with Crippen molar-refractivity contribution in [1.29, 1.82) is 0 Å². The molecule has 0 aliphatic heterocycles. The molecule has 20 heavy (non-hydrogen) atoms. The van der Waals surface area contributed by atoms with Gasteiger partial charge in [-0.15, -0.1) is 0 Å². The number of rotatable bonds is 6. The molecular weight excluding hydrogens is 314 g/mol. The van der Waals surface area contributed by atoms with E-state index < -0.39 is 0 Å². The van der Waals surface area contributed by atoms with Gasteiger partial charge in [0.1, 0.15) is 12.4 Å². The Kier molecular flexibility index (Phi) is 4.67. The Hall–Kier alpha value is -0.540. The van der Waals surface area contributed by atoms with E-state index in [2.05, 4.69) is 27.9 Å². The summed E-state index contributed by atoms with van der Waals surface area (Å²) < 4.78 is 6.89. The number of likely N-dealkylation sites (N-methyl/N-ethyl adjacent to an activating group) is 1. The second-order valence-electron chi connectivity index (χ2n) is 6.50. The van der Waals surface area contributed by atoms with Crippen LogP contribution in [0.25, 0.3) is 0 Å². The van der Waals surface area contributed by atoms with E-state index in [4.69, 9.17) is 4.74 Å². The summed E-state index contributed by atoms with van der Waals surface area (Å²) in [6.07, 6.45) is 5.96. The average Bonchev–Trinajstić information content (AvgIpc) is 3.03. The molecule has 2 fully saturated rings. The smallest absolute Gasteiger partial charge is 0.119 e. The maximum absolute atomic E-state index is 5.80. The van der Waals surface area contributed by atoms with Gasteiger partial charge in [0, 0.05) is 17.6 Å². The first kappa shape index (κ1) is 14.4. The van der Waals surface area contributed by atoms with Gasteiger partial charge in [0.25, 0.3) is 0 Å². The summed E-state index contributed by atoms with van der Waals surface area (Å²) in [4.78, 5) is 2.45. The zero-order chi connectivity index (χ0) is 13.9. The number of nitrogens with zero attached hydrogens (tertiary/aromatic N) is 1. The summed E-state index contributed by atoms with van der Waals surface area (Å²) in [5.74, 6) is 3.99. The Balaban J connectivity index is 1.37. The zero-order valence-electron chi connectivity index (χ0n) is 12.2. The van der Waals surface area contributed by atoms with Gasteiger partial charge in [-0.1, -0.05) is 22.4 Å². The number of hydrogen-bond donors (Lipinski definition) is 0. The summed E-state index contributed by atoms with van der Waals surface area (Å²) >= 11 is 3.44. The van der Waals surface area contributed by atoms with E-state index in [9.17, 15) is 0 Å². The minimum absolute atomic E-state index is 0.777. The van der Waals surface area contributed by atoms with E-state index in [0.717, 1.165) is 41.1 Å². The highest BCUT2D eigenvalue weighted by Crippen LogP contribution is 2.48. The van der Waals surface area contributed by atoms with Crippen molar-refractivity contribution in [1.82, 2.24) is 4.90 Å². The molecule has 2 saturated carbocycles. The molecule has 2 aliphatic carbocycles. The number of halogens is 1. The maximum Gasteiger partial charge on any atom is 0.119 e. The van der Waals surface area contributed by atoms with Crippen molar-refractivity contribution in [3.05, 3.63) is 28.7 Å². The Morgan fingerprint density at radius 1 is 1.20 bits per heavy atom. The van der Waals surface area contributed by atoms with Crippen molar-refractivity contribution in [2.24, 2.45) is 17.8 Å². The second kappa shape index (κ2) is 6.48. The molecule has 1 aromatic rings. The fourth-order valence-corrected chi connectivity index (χ4v) is 4.21. The molecule has 0 aromatic heterocycles. The molecule has 3 heteroatoms. The third kappa shape index (κ3) is 3.56. The molecule has 0 spiro atoms. The van der Waals surface area contributed by atoms with Crippen molar-refractivity contribution in [2.45, 2.75) is 25.7 Å². The summed E-state index contributed by atoms with van der Waals surface area (Å²) in [5.41, 5.74) is 0. The highest BCUT2D eigenvalue weighted by Gasteiger charge is 2.39. The third-order valence-corrected chi connectivity index (χ3v) is 5.51. The monoisotopic (exact) mass is 337 g/mol. The Morgan fingerprint density at radius 2 is 2.00 bits per heavy atom. The molecule has 0 radical (unpaired) electrons. The van der Waals surface area contributed by atoms with Crippen LogP contribution < -0.4 is 4.74 Å². The SMILES string of the molecule is CN(CCOc1ccc(Br)cc1)CC1CC2CCC1C2. The topological polar surface area (TPSA) is 12.5 Å². The minimum atomic E-state index is 0.777. The molecule has 1 aromatic carbocycles. The van der Waals surface area contributed by atoms with Crippen LogP contribution in [0.5, 0.6) is 5.75 Å². The number of hydrogen-bond acceptors (Lipinski definition) is 2. The molecule has 0 amide bonds. The largest absolute Gasteiger partial charge is 0.492 e. The Labute approximate surface area is 130 Å². The summed E-state index contributed by atoms with van der Waals surface area (Å²) in [7, 11) is 2.23. The highest BCUT2D eigenvalue weighted by molar-refractivity contribution is 9.10. The molecular formula is C17H24BrNO. The van der Waals surface area contributed by atoms with Crippen LogP contribution in [0, 0.1) is 17.8 Å². The zero-order valence-corrected chi connectivity index (χ0v) is 13.8. The first-order valence-corrected chi connectivity index (χ1v) is 8.57. The molecule has 3 atom stereocenters. The van der Waals surface area contributed by atoms with E-state index in [-0.39, 0.29) is 0 Å². The molecule has 110 valence electrons. The van der Waals surface area contributed by atoms with Crippen LogP contribution in [0.1, 0.15) is 25.7 Å². The molecule has 0 saturated heterocycles. The highest BCUT2D eigenvalue weighted by atomic mass is 79.9. The fourth-order valence-electron chi connectivity index (χ4n) is 3.94. The summed E-state index contributed by atoms with van der Waals surface area (Å²) in [5, 5.41) is 0. The van der Waals surface area contributed by atoms with Gasteiger partial charge in [-0.3, -0.25) is 0 Å². The Bertz CT molecular complexity index is 433. The van der Waals surface area contributed by atoms with E-state index in [1.54, 1.807) is 0 Å². The van der Waals surface area contributed by atoms with Crippen LogP contribution in [-0.4, -0.2) is 31.6 Å². The second-order valence-corrected chi connectivity index (χ2v) is 7.42. The van der Waals surface area contributed by atoms with Crippen molar-refractivity contribution >= 4 is 15.9 Å². The van der Waals surface area contributed by atoms with Crippen molar-refractivity contribution in [3.8, 4) is 5.75 Å². The van der Waals surface area contributed by atoms with Gasteiger partial charge in [-0.2, -0.15) is 0 Å². The average molecular weight is 338 g/mol. The standard InChI is InChI=1S/C17H24BrNO/c1-19(12-15-11-13-2-3-14(15)10-13)8-9-20-17-6-4-16(18)5-7-17/h4-7,13-15H,2-3,8-12H2,1H3. The molecule has 2 nitrogen and oxygen atoms in total. The van der Waals surface area contributed by atoms with Crippen LogP contribution in [0.4, 0.5) is 0 Å². The van der Waals surface area contributed by atoms with Crippen LogP contribution in [0.3, 0.4) is 0 Å². The van der Waals surface area contributed by atoms with Gasteiger partial charge in [0.05, 0.1) is 0 Å². The lowest BCUT2D eigenvalue weighted by Gasteiger charge is -2.27. The van der Waals surface area contributed by atoms with Crippen LogP contribution in [0.15, 0.2) is 28.7 Å². The molecule has 0 N–H and O–H groups in total. The van der Waals surface area contributed by atoms with Gasteiger partial charge >= 0.3 is 0 Å². The third-order valence-electron chi connectivity index (χ3n) is 4.99. The summed E-state index contributed by atoms with van der Waals surface area (Å²) in [6, 6.07) is 8.07. The lowest BCUT2D eigenvalue weighted by atomic mass is 9.88. The van der Waals surface area contributed by atoms with Gasteiger partial charge in [0.2, 0.25) is 0 Å². The number of benzene rings is 1. The van der Waals surface area contributed by atoms with Crippen LogP contribution in [-0.2, 0) is 0 Å². The van der Waals surface area contributed by atoms with Crippen LogP contribution >= 0.6 is 15.9 Å². The van der Waals surface area contributed by atoms with Gasteiger partial charge in [0.15, 0.2) is 0 Å². The predicted molar refractivity (Wildman–Crippen MR) is 86.1 cm³/mol. The fraction of sp³-hybridized carbons (Fsp3) is 0.647. The van der Waals surface area contributed by atoms with Crippen molar-refractivity contribution in [2.75, 3.05) is 26.7 Å². The maximum atomic E-state index is 5.80. The lowest BCUT2D eigenvalue weighted by Crippen LogP contribution is -2.31. The lowest BCUT2D eigenvalue weighted by molar-refractivity contribution is 0.187. The molecule has 2 aliphatic rings. The van der Waals surface area contributed by atoms with E-state index in [0.29, 0.717) is 0 Å². The van der Waals surface area contributed by atoms with Crippen LogP contribution in [0.2, 0.25) is 0 Å².